The van der Waals surface area contributed by atoms with Gasteiger partial charge in [-0.15, -0.1) is 0 Å². The third kappa shape index (κ3) is 5.60. The number of piperazine rings is 1. The van der Waals surface area contributed by atoms with E-state index in [0.717, 1.165) is 5.56 Å². The minimum Gasteiger partial charge on any atom is -0.462 e. The molecular weight excluding hydrogens is 515 g/mol. The molecule has 1 aromatic heterocycles. The first kappa shape index (κ1) is 26.6. The summed E-state index contributed by atoms with van der Waals surface area (Å²) in [7, 11) is 0. The number of esters is 1. The average Bonchev–Trinajstić information content (AvgIpc) is 2.88. The van der Waals surface area contributed by atoms with Crippen molar-refractivity contribution >= 4 is 41.0 Å². The van der Waals surface area contributed by atoms with Crippen LogP contribution in [0.15, 0.2) is 48.5 Å². The van der Waals surface area contributed by atoms with Gasteiger partial charge >= 0.3 is 5.97 Å². The molecular formula is C27H26Cl2N4O4. The van der Waals surface area contributed by atoms with Crippen LogP contribution in [-0.2, 0) is 4.74 Å². The van der Waals surface area contributed by atoms with E-state index < -0.39 is 11.9 Å². The van der Waals surface area contributed by atoms with Crippen LogP contribution in [0.3, 0.4) is 0 Å². The van der Waals surface area contributed by atoms with E-state index in [2.05, 4.69) is 9.97 Å². The summed E-state index contributed by atoms with van der Waals surface area (Å²) in [4.78, 5) is 52.0. The van der Waals surface area contributed by atoms with Crippen molar-refractivity contribution in [1.29, 1.82) is 0 Å². The van der Waals surface area contributed by atoms with Crippen LogP contribution in [-0.4, -0.2) is 69.8 Å². The lowest BCUT2D eigenvalue weighted by Crippen LogP contribution is -2.55. The molecule has 37 heavy (non-hydrogen) atoms. The Balaban J connectivity index is 1.63. The Morgan fingerprint density at radius 3 is 2.41 bits per heavy atom. The van der Waals surface area contributed by atoms with Crippen LogP contribution in [0.25, 0.3) is 11.4 Å². The largest absolute Gasteiger partial charge is 0.462 e. The molecule has 0 spiro atoms. The first-order chi connectivity index (χ1) is 17.7. The molecule has 2 heterocycles. The summed E-state index contributed by atoms with van der Waals surface area (Å²) in [5.41, 5.74) is 1.46. The van der Waals surface area contributed by atoms with Crippen molar-refractivity contribution < 1.29 is 19.1 Å². The van der Waals surface area contributed by atoms with Gasteiger partial charge in [-0.25, -0.2) is 14.8 Å². The van der Waals surface area contributed by atoms with Gasteiger partial charge in [-0.3, -0.25) is 9.59 Å². The van der Waals surface area contributed by atoms with Gasteiger partial charge in [-0.2, -0.15) is 0 Å². The van der Waals surface area contributed by atoms with E-state index in [9.17, 15) is 14.4 Å². The van der Waals surface area contributed by atoms with Crippen LogP contribution in [0, 0.1) is 6.92 Å². The van der Waals surface area contributed by atoms with Crippen molar-refractivity contribution in [2.24, 2.45) is 0 Å². The van der Waals surface area contributed by atoms with E-state index in [1.807, 2.05) is 37.3 Å². The SMILES string of the molecule is CCOC(=O)c1c(C)nc(-c2ccccc2)nc1C(=O)N1CCN(C(=O)c2ccc(Cl)cc2Cl)C(C)C1. The zero-order valence-electron chi connectivity index (χ0n) is 20.7. The molecule has 8 nitrogen and oxygen atoms in total. The molecule has 0 N–H and O–H groups in total. The highest BCUT2D eigenvalue weighted by molar-refractivity contribution is 6.36. The lowest BCUT2D eigenvalue weighted by Gasteiger charge is -2.40. The summed E-state index contributed by atoms with van der Waals surface area (Å²) < 4.78 is 5.21. The van der Waals surface area contributed by atoms with Gasteiger partial charge in [-0.1, -0.05) is 53.5 Å². The van der Waals surface area contributed by atoms with E-state index in [0.29, 0.717) is 22.1 Å². The molecule has 0 saturated carbocycles. The first-order valence-corrected chi connectivity index (χ1v) is 12.6. The monoisotopic (exact) mass is 540 g/mol. The molecule has 0 bridgehead atoms. The summed E-state index contributed by atoms with van der Waals surface area (Å²) in [6.45, 7) is 6.15. The molecule has 1 fully saturated rings. The highest BCUT2D eigenvalue weighted by Crippen LogP contribution is 2.26. The van der Waals surface area contributed by atoms with Gasteiger partial charge in [0.25, 0.3) is 11.8 Å². The fourth-order valence-electron chi connectivity index (χ4n) is 4.30. The topological polar surface area (TPSA) is 92.7 Å². The highest BCUT2D eigenvalue weighted by Gasteiger charge is 2.34. The number of rotatable bonds is 5. The van der Waals surface area contributed by atoms with Crippen LogP contribution in [0.2, 0.25) is 10.0 Å². The molecule has 2 aromatic carbocycles. The molecule has 3 aromatic rings. The first-order valence-electron chi connectivity index (χ1n) is 11.9. The number of halogens is 2. The maximum absolute atomic E-state index is 13.7. The van der Waals surface area contributed by atoms with E-state index >= 15 is 0 Å². The maximum atomic E-state index is 13.7. The smallest absolute Gasteiger partial charge is 0.342 e. The highest BCUT2D eigenvalue weighted by atomic mass is 35.5. The van der Waals surface area contributed by atoms with Gasteiger partial charge in [0.15, 0.2) is 5.82 Å². The molecule has 1 aliphatic rings. The van der Waals surface area contributed by atoms with Crippen LogP contribution in [0.1, 0.15) is 50.7 Å². The fraction of sp³-hybridized carbons (Fsp3) is 0.296. The molecule has 1 atom stereocenters. The second-order valence-corrected chi connectivity index (χ2v) is 9.51. The number of hydrogen-bond acceptors (Lipinski definition) is 6. The third-order valence-corrected chi connectivity index (χ3v) is 6.69. The number of hydrogen-bond donors (Lipinski definition) is 0. The number of carbonyl (C=O) groups excluding carboxylic acids is 3. The van der Waals surface area contributed by atoms with Gasteiger partial charge in [0.05, 0.1) is 22.9 Å². The Hall–Kier alpha value is -3.49. The molecule has 1 saturated heterocycles. The predicted molar refractivity (Wildman–Crippen MR) is 141 cm³/mol. The summed E-state index contributed by atoms with van der Waals surface area (Å²) >= 11 is 12.2. The Bertz CT molecular complexity index is 1350. The van der Waals surface area contributed by atoms with E-state index in [-0.39, 0.29) is 54.5 Å². The van der Waals surface area contributed by atoms with E-state index in [1.165, 1.54) is 6.07 Å². The average molecular weight is 541 g/mol. The van der Waals surface area contributed by atoms with Crippen LogP contribution in [0.5, 0.6) is 0 Å². The van der Waals surface area contributed by atoms with Gasteiger partial charge in [-0.05, 0) is 39.0 Å². The summed E-state index contributed by atoms with van der Waals surface area (Å²) in [6.07, 6.45) is 0. The van der Waals surface area contributed by atoms with Crippen molar-refractivity contribution in [1.82, 2.24) is 19.8 Å². The van der Waals surface area contributed by atoms with Crippen molar-refractivity contribution in [2.75, 3.05) is 26.2 Å². The second kappa shape index (κ2) is 11.3. The number of amides is 2. The number of benzene rings is 2. The van der Waals surface area contributed by atoms with Crippen LogP contribution in [0.4, 0.5) is 0 Å². The fourth-order valence-corrected chi connectivity index (χ4v) is 4.79. The third-order valence-electron chi connectivity index (χ3n) is 6.14. The van der Waals surface area contributed by atoms with E-state index in [4.69, 9.17) is 27.9 Å². The lowest BCUT2D eigenvalue weighted by atomic mass is 10.1. The number of aromatic nitrogens is 2. The zero-order chi connectivity index (χ0) is 26.7. The van der Waals surface area contributed by atoms with Gasteiger partial charge < -0.3 is 14.5 Å². The summed E-state index contributed by atoms with van der Waals surface area (Å²) in [5.74, 6) is -0.970. The van der Waals surface area contributed by atoms with Gasteiger partial charge in [0.2, 0.25) is 0 Å². The zero-order valence-corrected chi connectivity index (χ0v) is 22.2. The maximum Gasteiger partial charge on any atom is 0.342 e. The van der Waals surface area contributed by atoms with Crippen molar-refractivity contribution in [3.63, 3.8) is 0 Å². The summed E-state index contributed by atoms with van der Waals surface area (Å²) in [5, 5.41) is 0.713. The van der Waals surface area contributed by atoms with Crippen molar-refractivity contribution in [2.45, 2.75) is 26.8 Å². The van der Waals surface area contributed by atoms with Crippen LogP contribution < -0.4 is 0 Å². The quantitative estimate of drug-likeness (QED) is 0.426. The lowest BCUT2D eigenvalue weighted by molar-refractivity contribution is 0.0406. The second-order valence-electron chi connectivity index (χ2n) is 8.67. The Labute approximate surface area is 225 Å². The summed E-state index contributed by atoms with van der Waals surface area (Å²) in [6, 6.07) is 13.7. The van der Waals surface area contributed by atoms with Crippen molar-refractivity contribution in [3.05, 3.63) is 81.1 Å². The van der Waals surface area contributed by atoms with Gasteiger partial charge in [0.1, 0.15) is 11.3 Å². The van der Waals surface area contributed by atoms with Crippen molar-refractivity contribution in [3.8, 4) is 11.4 Å². The number of nitrogens with zero attached hydrogens (tertiary/aromatic N) is 4. The molecule has 10 heteroatoms. The van der Waals surface area contributed by atoms with Gasteiger partial charge in [0, 0.05) is 36.3 Å². The molecule has 1 aliphatic heterocycles. The molecule has 4 rings (SSSR count). The number of aryl methyl sites for hydroxylation is 1. The minimum absolute atomic E-state index is 0.0162. The molecule has 1 unspecified atom stereocenters. The Morgan fingerprint density at radius 1 is 1.03 bits per heavy atom. The Kier molecular flexibility index (Phi) is 8.10. The Morgan fingerprint density at radius 2 is 1.76 bits per heavy atom. The molecule has 0 radical (unpaired) electrons. The molecule has 192 valence electrons. The van der Waals surface area contributed by atoms with E-state index in [1.54, 1.807) is 35.8 Å². The minimum atomic E-state index is -0.651. The van der Waals surface area contributed by atoms with Crippen LogP contribution >= 0.6 is 23.2 Å². The molecule has 2 amide bonds. The standard InChI is InChI=1S/C27H26Cl2N4O4/c1-4-37-27(36)22-17(3)30-24(18-8-6-5-7-9-18)31-23(22)26(35)32-12-13-33(16(2)15-32)25(34)20-11-10-19(28)14-21(20)29/h5-11,14,16H,4,12-13,15H2,1-3H3. The number of ether oxygens (including phenoxy) is 1. The number of carbonyl (C=O) groups is 3. The normalized spacial score (nSPS) is 15.4. The predicted octanol–water partition coefficient (Wildman–Crippen LogP) is 4.92. The molecule has 0 aliphatic carbocycles.